The van der Waals surface area contributed by atoms with Gasteiger partial charge in [-0.15, -0.1) is 11.3 Å². The van der Waals surface area contributed by atoms with Crippen LogP contribution in [0.1, 0.15) is 17.7 Å². The molecule has 7 nitrogen and oxygen atoms in total. The second kappa shape index (κ2) is 8.73. The third kappa shape index (κ3) is 6.23. The monoisotopic (exact) mass is 409 g/mol. The predicted octanol–water partition coefficient (Wildman–Crippen LogP) is 2.87. The van der Waals surface area contributed by atoms with E-state index in [2.05, 4.69) is 10.0 Å². The van der Waals surface area contributed by atoms with Crippen LogP contribution in [-0.4, -0.2) is 44.7 Å². The number of carbonyl (C=O) groups is 1. The van der Waals surface area contributed by atoms with Crippen molar-refractivity contribution in [2.45, 2.75) is 25.5 Å². The van der Waals surface area contributed by atoms with Crippen LogP contribution >= 0.6 is 11.3 Å². The van der Waals surface area contributed by atoms with Gasteiger partial charge < -0.3 is 15.0 Å². The highest BCUT2D eigenvalue weighted by atomic mass is 32.2. The summed E-state index contributed by atoms with van der Waals surface area (Å²) in [5.74, 6) is 0.733. The number of rotatable bonds is 6. The van der Waals surface area contributed by atoms with Gasteiger partial charge in [0.2, 0.25) is 10.0 Å². The molecule has 146 valence electrons. The van der Waals surface area contributed by atoms with Crippen molar-refractivity contribution in [2.75, 3.05) is 24.7 Å². The van der Waals surface area contributed by atoms with E-state index < -0.39 is 10.0 Å². The van der Waals surface area contributed by atoms with Gasteiger partial charge >= 0.3 is 6.03 Å². The smallest absolute Gasteiger partial charge is 0.321 e. The average molecular weight is 410 g/mol. The lowest BCUT2D eigenvalue weighted by Crippen LogP contribution is -2.50. The van der Waals surface area contributed by atoms with E-state index in [1.807, 2.05) is 29.6 Å². The minimum atomic E-state index is -3.28. The average Bonchev–Trinajstić information content (AvgIpc) is 3.13. The fourth-order valence-corrected chi connectivity index (χ4v) is 4.36. The molecule has 0 spiro atoms. The Morgan fingerprint density at radius 2 is 2.07 bits per heavy atom. The van der Waals surface area contributed by atoms with Crippen molar-refractivity contribution in [3.05, 3.63) is 46.7 Å². The number of ether oxygens (including phenoxy) is 1. The number of anilines is 1. The maximum Gasteiger partial charge on any atom is 0.321 e. The number of piperidine rings is 1. The van der Waals surface area contributed by atoms with E-state index >= 15 is 0 Å². The molecule has 1 fully saturated rings. The number of nitrogens with one attached hydrogen (secondary N) is 2. The van der Waals surface area contributed by atoms with Gasteiger partial charge in [-0.2, -0.15) is 0 Å². The molecule has 0 saturated carbocycles. The zero-order chi connectivity index (χ0) is 19.3. The molecule has 1 aromatic heterocycles. The van der Waals surface area contributed by atoms with E-state index in [0.717, 1.165) is 29.7 Å². The molecular formula is C18H23N3O4S2. The predicted molar refractivity (Wildman–Crippen MR) is 107 cm³/mol. The van der Waals surface area contributed by atoms with Crippen LogP contribution in [0.25, 0.3) is 0 Å². The van der Waals surface area contributed by atoms with Crippen molar-refractivity contribution >= 4 is 33.1 Å². The van der Waals surface area contributed by atoms with Crippen LogP contribution < -0.4 is 14.8 Å². The number of nitrogens with zero attached hydrogens (tertiary/aromatic N) is 1. The molecule has 1 unspecified atom stereocenters. The maximum atomic E-state index is 12.5. The molecule has 1 saturated heterocycles. The third-order valence-electron chi connectivity index (χ3n) is 4.16. The molecule has 1 aromatic carbocycles. The number of likely N-dealkylation sites (tertiary alicyclic amines) is 1. The van der Waals surface area contributed by atoms with Crippen LogP contribution in [0.4, 0.5) is 10.5 Å². The number of urea groups is 1. The zero-order valence-corrected chi connectivity index (χ0v) is 16.7. The molecule has 1 aliphatic heterocycles. The van der Waals surface area contributed by atoms with Crippen LogP contribution in [0, 0.1) is 0 Å². The number of sulfonamides is 1. The van der Waals surface area contributed by atoms with Gasteiger partial charge in [-0.1, -0.05) is 6.07 Å². The van der Waals surface area contributed by atoms with Crippen LogP contribution in [0.2, 0.25) is 0 Å². The number of hydrogen-bond acceptors (Lipinski definition) is 5. The van der Waals surface area contributed by atoms with Crippen LogP contribution in [0.5, 0.6) is 5.75 Å². The summed E-state index contributed by atoms with van der Waals surface area (Å²) < 4.78 is 31.1. The molecule has 3 rings (SSSR count). The summed E-state index contributed by atoms with van der Waals surface area (Å²) in [6.45, 7) is 1.49. The summed E-state index contributed by atoms with van der Waals surface area (Å²) in [5, 5.41) is 4.86. The Hall–Kier alpha value is -2.10. The van der Waals surface area contributed by atoms with Crippen molar-refractivity contribution < 1.29 is 17.9 Å². The van der Waals surface area contributed by atoms with Crippen molar-refractivity contribution in [1.29, 1.82) is 0 Å². The number of thiophene rings is 1. The first-order valence-corrected chi connectivity index (χ1v) is 11.4. The van der Waals surface area contributed by atoms with E-state index in [1.54, 1.807) is 28.4 Å². The highest BCUT2D eigenvalue weighted by Crippen LogP contribution is 2.19. The molecule has 1 atom stereocenters. The molecular weight excluding hydrogens is 386 g/mol. The summed E-state index contributed by atoms with van der Waals surface area (Å²) in [6, 6.07) is 10.7. The van der Waals surface area contributed by atoms with E-state index in [9.17, 15) is 13.2 Å². The number of carbonyl (C=O) groups excluding carboxylic acids is 1. The van der Waals surface area contributed by atoms with Gasteiger partial charge in [0.15, 0.2) is 0 Å². The first-order chi connectivity index (χ1) is 12.9. The van der Waals surface area contributed by atoms with E-state index in [-0.39, 0.29) is 12.1 Å². The fourth-order valence-electron chi connectivity index (χ4n) is 2.95. The zero-order valence-electron chi connectivity index (χ0n) is 15.1. The largest absolute Gasteiger partial charge is 0.488 e. The van der Waals surface area contributed by atoms with Gasteiger partial charge in [-0.3, -0.25) is 0 Å². The van der Waals surface area contributed by atoms with Gasteiger partial charge in [-0.25, -0.2) is 17.9 Å². The molecule has 9 heteroatoms. The highest BCUT2D eigenvalue weighted by Gasteiger charge is 2.25. The molecule has 27 heavy (non-hydrogen) atoms. The van der Waals surface area contributed by atoms with Crippen molar-refractivity contribution in [3.63, 3.8) is 0 Å². The molecule has 0 radical (unpaired) electrons. The van der Waals surface area contributed by atoms with Crippen molar-refractivity contribution in [2.24, 2.45) is 0 Å². The summed E-state index contributed by atoms with van der Waals surface area (Å²) in [6.07, 6.45) is 2.62. The first kappa shape index (κ1) is 19.7. The molecule has 2 heterocycles. The third-order valence-corrected chi connectivity index (χ3v) is 5.77. The molecule has 2 aromatic rings. The molecule has 0 aliphatic carbocycles. The fraction of sp³-hybridized carbons (Fsp3) is 0.389. The van der Waals surface area contributed by atoms with Gasteiger partial charge in [-0.05, 0) is 48.6 Å². The van der Waals surface area contributed by atoms with E-state index in [1.165, 1.54) is 0 Å². The van der Waals surface area contributed by atoms with E-state index in [4.69, 9.17) is 4.74 Å². The highest BCUT2D eigenvalue weighted by molar-refractivity contribution is 7.88. The number of benzene rings is 1. The second-order valence-electron chi connectivity index (χ2n) is 6.50. The van der Waals surface area contributed by atoms with Crippen LogP contribution in [0.3, 0.4) is 0 Å². The summed E-state index contributed by atoms with van der Waals surface area (Å²) >= 11 is 1.64. The summed E-state index contributed by atoms with van der Waals surface area (Å²) in [7, 11) is -3.28. The topological polar surface area (TPSA) is 87.7 Å². The first-order valence-electron chi connectivity index (χ1n) is 8.67. The van der Waals surface area contributed by atoms with Gasteiger partial charge in [0.05, 0.1) is 6.26 Å². The Morgan fingerprint density at radius 1 is 1.30 bits per heavy atom. The Morgan fingerprint density at radius 3 is 2.74 bits per heavy atom. The number of amides is 2. The standard InChI is InChI=1S/C18H23N3O4S2/c1-27(23,24)20-15-4-2-10-21(12-15)18(22)19-14-6-8-16(9-7-14)25-13-17-5-3-11-26-17/h3,5-9,11,15,20H,2,4,10,12-13H2,1H3,(H,19,22). The molecule has 2 N–H and O–H groups in total. The summed E-state index contributed by atoms with van der Waals surface area (Å²) in [5.41, 5.74) is 0.668. The lowest BCUT2D eigenvalue weighted by atomic mass is 10.1. The Bertz CT molecular complexity index is 851. The van der Waals surface area contributed by atoms with Crippen molar-refractivity contribution in [1.82, 2.24) is 9.62 Å². The minimum absolute atomic E-state index is 0.234. The van der Waals surface area contributed by atoms with Gasteiger partial charge in [0.25, 0.3) is 0 Å². The van der Waals surface area contributed by atoms with E-state index in [0.29, 0.717) is 25.4 Å². The minimum Gasteiger partial charge on any atom is -0.488 e. The SMILES string of the molecule is CS(=O)(=O)NC1CCCN(C(=O)Nc2ccc(OCc3cccs3)cc2)C1. The van der Waals surface area contributed by atoms with Crippen LogP contribution in [-0.2, 0) is 16.6 Å². The molecule has 0 bridgehead atoms. The second-order valence-corrected chi connectivity index (χ2v) is 9.31. The Kier molecular flexibility index (Phi) is 6.35. The lowest BCUT2D eigenvalue weighted by Gasteiger charge is -2.32. The lowest BCUT2D eigenvalue weighted by molar-refractivity contribution is 0.190. The normalized spacial score (nSPS) is 17.5. The van der Waals surface area contributed by atoms with Gasteiger partial charge in [0, 0.05) is 29.7 Å². The van der Waals surface area contributed by atoms with Crippen LogP contribution in [0.15, 0.2) is 41.8 Å². The van der Waals surface area contributed by atoms with Gasteiger partial charge in [0.1, 0.15) is 12.4 Å². The number of hydrogen-bond donors (Lipinski definition) is 2. The molecule has 1 aliphatic rings. The molecule has 2 amide bonds. The Balaban J connectivity index is 1.51. The quantitative estimate of drug-likeness (QED) is 0.768. The Labute approximate surface area is 163 Å². The maximum absolute atomic E-state index is 12.5. The van der Waals surface area contributed by atoms with Crippen molar-refractivity contribution in [3.8, 4) is 5.75 Å². The summed E-state index contributed by atoms with van der Waals surface area (Å²) in [4.78, 5) is 15.2.